The minimum atomic E-state index is -4.38. The van der Waals surface area contributed by atoms with Crippen LogP contribution in [-0.4, -0.2) is 11.3 Å². The number of hydrogen-bond acceptors (Lipinski definition) is 3. The molecule has 0 spiro atoms. The summed E-state index contributed by atoms with van der Waals surface area (Å²) < 4.78 is 37.5. The van der Waals surface area contributed by atoms with E-state index in [4.69, 9.17) is 0 Å². The minimum Gasteiger partial charge on any atom is -0.295 e. The zero-order valence-corrected chi connectivity index (χ0v) is 8.02. The van der Waals surface area contributed by atoms with Crippen molar-refractivity contribution in [2.75, 3.05) is 0 Å². The number of carbonyl (C=O) groups is 1. The summed E-state index contributed by atoms with van der Waals surface area (Å²) >= 11 is 1.07. The standard InChI is InChI=1S/C9H4F3NOS/c10-9(11,12)5-1-2-7-6(3-5)13-8(4-14)15-7/h1-4H. The molecule has 0 aliphatic rings. The first-order valence-corrected chi connectivity index (χ1v) is 4.75. The van der Waals surface area contributed by atoms with E-state index in [2.05, 4.69) is 4.98 Å². The molecule has 0 atom stereocenters. The van der Waals surface area contributed by atoms with Crippen molar-refractivity contribution in [1.29, 1.82) is 0 Å². The number of carbonyl (C=O) groups excluding carboxylic acids is 1. The molecule has 0 bridgehead atoms. The molecule has 2 aromatic rings. The van der Waals surface area contributed by atoms with Crippen molar-refractivity contribution < 1.29 is 18.0 Å². The molecule has 0 fully saturated rings. The Morgan fingerprint density at radius 3 is 2.67 bits per heavy atom. The van der Waals surface area contributed by atoms with E-state index in [0.29, 0.717) is 11.0 Å². The molecule has 0 amide bonds. The van der Waals surface area contributed by atoms with Gasteiger partial charge in [-0.05, 0) is 18.2 Å². The molecule has 1 heterocycles. The summed E-state index contributed by atoms with van der Waals surface area (Å²) in [5.74, 6) is 0. The van der Waals surface area contributed by atoms with Gasteiger partial charge in [0.25, 0.3) is 0 Å². The number of alkyl halides is 3. The molecule has 1 aromatic heterocycles. The second-order valence-electron chi connectivity index (χ2n) is 2.85. The van der Waals surface area contributed by atoms with Gasteiger partial charge in [-0.1, -0.05) is 0 Å². The summed E-state index contributed by atoms with van der Waals surface area (Å²) in [4.78, 5) is 14.1. The first kappa shape index (κ1) is 10.1. The number of thiazole rings is 1. The van der Waals surface area contributed by atoms with Crippen LogP contribution in [0.25, 0.3) is 10.2 Å². The van der Waals surface area contributed by atoms with Crippen molar-refractivity contribution in [3.8, 4) is 0 Å². The van der Waals surface area contributed by atoms with Gasteiger partial charge in [-0.2, -0.15) is 13.2 Å². The summed E-state index contributed by atoms with van der Waals surface area (Å²) in [5, 5.41) is 0.185. The Hall–Kier alpha value is -1.43. The second-order valence-corrected chi connectivity index (χ2v) is 3.91. The molecule has 0 saturated carbocycles. The average Bonchev–Trinajstić information content (AvgIpc) is 2.57. The van der Waals surface area contributed by atoms with Crippen molar-refractivity contribution in [1.82, 2.24) is 4.98 Å². The first-order valence-electron chi connectivity index (χ1n) is 3.93. The lowest BCUT2D eigenvalue weighted by Gasteiger charge is -2.04. The molecule has 0 unspecified atom stereocenters. The largest absolute Gasteiger partial charge is 0.416 e. The van der Waals surface area contributed by atoms with Crippen molar-refractivity contribution in [3.05, 3.63) is 28.8 Å². The van der Waals surface area contributed by atoms with E-state index in [-0.39, 0.29) is 10.5 Å². The molecule has 2 rings (SSSR count). The van der Waals surface area contributed by atoms with E-state index in [9.17, 15) is 18.0 Å². The van der Waals surface area contributed by atoms with Crippen LogP contribution in [0.5, 0.6) is 0 Å². The van der Waals surface area contributed by atoms with Crippen LogP contribution in [-0.2, 0) is 6.18 Å². The van der Waals surface area contributed by atoms with Gasteiger partial charge in [0.1, 0.15) is 0 Å². The van der Waals surface area contributed by atoms with Crippen LogP contribution >= 0.6 is 11.3 Å². The van der Waals surface area contributed by atoms with Crippen LogP contribution < -0.4 is 0 Å². The molecular weight excluding hydrogens is 227 g/mol. The van der Waals surface area contributed by atoms with Crippen molar-refractivity contribution >= 4 is 27.8 Å². The van der Waals surface area contributed by atoms with Crippen LogP contribution in [0.4, 0.5) is 13.2 Å². The number of fused-ring (bicyclic) bond motifs is 1. The molecule has 2 nitrogen and oxygen atoms in total. The highest BCUT2D eigenvalue weighted by Gasteiger charge is 2.30. The van der Waals surface area contributed by atoms with Gasteiger partial charge in [0.15, 0.2) is 11.3 Å². The normalized spacial score (nSPS) is 11.9. The van der Waals surface area contributed by atoms with Gasteiger partial charge < -0.3 is 0 Å². The van der Waals surface area contributed by atoms with Crippen LogP contribution in [0.1, 0.15) is 15.4 Å². The van der Waals surface area contributed by atoms with E-state index in [1.165, 1.54) is 6.07 Å². The summed E-state index contributed by atoms with van der Waals surface area (Å²) in [5.41, 5.74) is -0.547. The number of nitrogens with zero attached hydrogens (tertiary/aromatic N) is 1. The van der Waals surface area contributed by atoms with E-state index in [1.54, 1.807) is 0 Å². The Bertz CT molecular complexity index is 518. The number of rotatable bonds is 1. The fraction of sp³-hybridized carbons (Fsp3) is 0.111. The third-order valence-corrected chi connectivity index (χ3v) is 2.79. The Labute approximate surface area is 86.4 Å². The molecule has 78 valence electrons. The van der Waals surface area contributed by atoms with Gasteiger partial charge in [0, 0.05) is 0 Å². The number of aldehydes is 1. The Morgan fingerprint density at radius 1 is 1.33 bits per heavy atom. The molecule has 15 heavy (non-hydrogen) atoms. The van der Waals surface area contributed by atoms with Gasteiger partial charge in [0.05, 0.1) is 15.8 Å². The van der Waals surface area contributed by atoms with Crippen molar-refractivity contribution in [3.63, 3.8) is 0 Å². The first-order chi connectivity index (χ1) is 7.00. The third kappa shape index (κ3) is 1.85. The lowest BCUT2D eigenvalue weighted by Crippen LogP contribution is -2.03. The molecule has 0 N–H and O–H groups in total. The molecular formula is C9H4F3NOS. The molecule has 0 aliphatic carbocycles. The van der Waals surface area contributed by atoms with Gasteiger partial charge in [-0.3, -0.25) is 4.79 Å². The van der Waals surface area contributed by atoms with Gasteiger partial charge in [-0.25, -0.2) is 4.98 Å². The molecule has 0 saturated heterocycles. The van der Waals surface area contributed by atoms with E-state index < -0.39 is 11.7 Å². The molecule has 6 heteroatoms. The highest BCUT2D eigenvalue weighted by atomic mass is 32.1. The van der Waals surface area contributed by atoms with Crippen molar-refractivity contribution in [2.24, 2.45) is 0 Å². The monoisotopic (exact) mass is 231 g/mol. The highest BCUT2D eigenvalue weighted by molar-refractivity contribution is 7.20. The predicted octanol–water partition coefficient (Wildman–Crippen LogP) is 3.13. The molecule has 1 aromatic carbocycles. The Kier molecular flexibility index (Phi) is 2.22. The fourth-order valence-electron chi connectivity index (χ4n) is 1.17. The summed E-state index contributed by atoms with van der Waals surface area (Å²) in [7, 11) is 0. The maximum atomic E-state index is 12.3. The number of halogens is 3. The van der Waals surface area contributed by atoms with Gasteiger partial charge in [0.2, 0.25) is 0 Å². The van der Waals surface area contributed by atoms with Crippen LogP contribution in [0.3, 0.4) is 0 Å². The third-order valence-electron chi connectivity index (χ3n) is 1.83. The maximum absolute atomic E-state index is 12.3. The number of benzene rings is 1. The lowest BCUT2D eigenvalue weighted by atomic mass is 10.2. The minimum absolute atomic E-state index is 0.185. The zero-order chi connectivity index (χ0) is 11.1. The summed E-state index contributed by atoms with van der Waals surface area (Å²) in [6, 6.07) is 3.25. The van der Waals surface area contributed by atoms with Gasteiger partial charge >= 0.3 is 6.18 Å². The predicted molar refractivity (Wildman–Crippen MR) is 50.0 cm³/mol. The van der Waals surface area contributed by atoms with E-state index >= 15 is 0 Å². The van der Waals surface area contributed by atoms with Crippen LogP contribution in [0, 0.1) is 0 Å². The summed E-state index contributed by atoms with van der Waals surface area (Å²) in [6.07, 6.45) is -3.85. The van der Waals surface area contributed by atoms with E-state index in [0.717, 1.165) is 23.5 Å². The SMILES string of the molecule is O=Cc1nc2cc(C(F)(F)F)ccc2s1. The topological polar surface area (TPSA) is 30.0 Å². The molecule has 0 radical (unpaired) electrons. The molecule has 0 aliphatic heterocycles. The average molecular weight is 231 g/mol. The number of aromatic nitrogens is 1. The van der Waals surface area contributed by atoms with Crippen LogP contribution in [0.15, 0.2) is 18.2 Å². The maximum Gasteiger partial charge on any atom is 0.416 e. The van der Waals surface area contributed by atoms with E-state index in [1.807, 2.05) is 0 Å². The Morgan fingerprint density at radius 2 is 2.07 bits per heavy atom. The number of hydrogen-bond donors (Lipinski definition) is 0. The summed E-state index contributed by atoms with van der Waals surface area (Å²) in [6.45, 7) is 0. The second kappa shape index (κ2) is 3.30. The lowest BCUT2D eigenvalue weighted by molar-refractivity contribution is -0.137. The highest BCUT2D eigenvalue weighted by Crippen LogP contribution is 2.32. The quantitative estimate of drug-likeness (QED) is 0.706. The zero-order valence-electron chi connectivity index (χ0n) is 7.21. The smallest absolute Gasteiger partial charge is 0.295 e. The van der Waals surface area contributed by atoms with Gasteiger partial charge in [-0.15, -0.1) is 11.3 Å². The van der Waals surface area contributed by atoms with Crippen LogP contribution in [0.2, 0.25) is 0 Å². The Balaban J connectivity index is 2.60. The van der Waals surface area contributed by atoms with Crippen molar-refractivity contribution in [2.45, 2.75) is 6.18 Å². The fourth-order valence-corrected chi connectivity index (χ4v) is 1.93.